The Morgan fingerprint density at radius 1 is 1.40 bits per heavy atom. The van der Waals surface area contributed by atoms with E-state index in [1.807, 2.05) is 0 Å². The van der Waals surface area contributed by atoms with Crippen LogP contribution in [0.2, 0.25) is 0 Å². The van der Waals surface area contributed by atoms with E-state index in [1.165, 1.54) is 12.3 Å². The van der Waals surface area contributed by atoms with Gasteiger partial charge in [-0.15, -0.1) is 5.10 Å². The molecule has 0 spiro atoms. The van der Waals surface area contributed by atoms with Crippen LogP contribution in [0.3, 0.4) is 0 Å². The van der Waals surface area contributed by atoms with E-state index in [0.717, 1.165) is 0 Å². The van der Waals surface area contributed by atoms with Crippen LogP contribution in [0, 0.1) is 5.92 Å². The highest BCUT2D eigenvalue weighted by Gasteiger charge is 2.41. The first-order chi connectivity index (χ1) is 9.43. The van der Waals surface area contributed by atoms with Crippen molar-refractivity contribution in [1.29, 1.82) is 0 Å². The smallest absolute Gasteiger partial charge is 0.391 e. The van der Waals surface area contributed by atoms with Gasteiger partial charge in [0.1, 0.15) is 0 Å². The molecule has 0 amide bonds. The molecule has 1 aromatic rings. The number of aromatic nitrogens is 2. The number of hydrogen-bond acceptors (Lipinski definition) is 5. The lowest BCUT2D eigenvalue weighted by molar-refractivity contribution is -0.179. The van der Waals surface area contributed by atoms with Gasteiger partial charge in [0.2, 0.25) is 0 Å². The minimum atomic E-state index is -4.16. The van der Waals surface area contributed by atoms with Crippen molar-refractivity contribution in [2.75, 3.05) is 18.0 Å². The molecule has 9 heteroatoms. The third kappa shape index (κ3) is 2.91. The monoisotopic (exact) mass is 289 g/mol. The number of nitrogens with zero attached hydrogens (tertiary/aromatic N) is 4. The molecular formula is C11H14F3N5O. The number of rotatable bonds is 2. The SMILES string of the molecule is N/C(=N/O)c1ccnnc1N1CCC(C(F)(F)F)CC1. The van der Waals surface area contributed by atoms with Crippen molar-refractivity contribution in [3.05, 3.63) is 17.8 Å². The average Bonchev–Trinajstić information content (AvgIpc) is 2.45. The number of hydrogen-bond donors (Lipinski definition) is 2. The second-order valence-corrected chi connectivity index (χ2v) is 4.56. The minimum absolute atomic E-state index is 0.00428. The van der Waals surface area contributed by atoms with E-state index >= 15 is 0 Å². The highest BCUT2D eigenvalue weighted by molar-refractivity contribution is 6.01. The Balaban J connectivity index is 2.15. The Morgan fingerprint density at radius 3 is 2.60 bits per heavy atom. The fraction of sp³-hybridized carbons (Fsp3) is 0.545. The molecule has 0 atom stereocenters. The lowest BCUT2D eigenvalue weighted by Gasteiger charge is -2.34. The zero-order valence-corrected chi connectivity index (χ0v) is 10.5. The molecule has 0 saturated carbocycles. The van der Waals surface area contributed by atoms with Crippen molar-refractivity contribution in [1.82, 2.24) is 10.2 Å². The molecule has 1 aromatic heterocycles. The first-order valence-corrected chi connectivity index (χ1v) is 6.04. The van der Waals surface area contributed by atoms with Crippen LogP contribution < -0.4 is 10.6 Å². The van der Waals surface area contributed by atoms with E-state index < -0.39 is 12.1 Å². The summed E-state index contributed by atoms with van der Waals surface area (Å²) in [4.78, 5) is 1.67. The van der Waals surface area contributed by atoms with Gasteiger partial charge in [-0.3, -0.25) is 0 Å². The Bertz CT molecular complexity index is 497. The first kappa shape index (κ1) is 14.4. The van der Waals surface area contributed by atoms with Gasteiger partial charge in [0.15, 0.2) is 11.7 Å². The van der Waals surface area contributed by atoms with Gasteiger partial charge in [-0.05, 0) is 18.9 Å². The molecule has 2 rings (SSSR count). The number of piperidine rings is 1. The van der Waals surface area contributed by atoms with Crippen LogP contribution in [0.25, 0.3) is 0 Å². The summed E-state index contributed by atoms with van der Waals surface area (Å²) in [6, 6.07) is 1.51. The number of halogens is 3. The van der Waals surface area contributed by atoms with Crippen LogP contribution in [0.5, 0.6) is 0 Å². The van der Waals surface area contributed by atoms with Crippen molar-refractivity contribution in [3.63, 3.8) is 0 Å². The van der Waals surface area contributed by atoms with Gasteiger partial charge in [0.25, 0.3) is 0 Å². The summed E-state index contributed by atoms with van der Waals surface area (Å²) in [6.45, 7) is 0.406. The lowest BCUT2D eigenvalue weighted by atomic mass is 9.96. The molecule has 0 aromatic carbocycles. The minimum Gasteiger partial charge on any atom is -0.409 e. The van der Waals surface area contributed by atoms with Gasteiger partial charge in [0, 0.05) is 13.1 Å². The molecule has 0 bridgehead atoms. The third-order valence-electron chi connectivity index (χ3n) is 3.34. The van der Waals surface area contributed by atoms with Crippen LogP contribution in [0.1, 0.15) is 18.4 Å². The van der Waals surface area contributed by atoms with Crippen LogP contribution in [-0.4, -0.2) is 40.5 Å². The van der Waals surface area contributed by atoms with E-state index in [1.54, 1.807) is 4.90 Å². The van der Waals surface area contributed by atoms with Crippen LogP contribution in [0.15, 0.2) is 17.4 Å². The molecule has 110 valence electrons. The summed E-state index contributed by atoms with van der Waals surface area (Å²) in [5, 5.41) is 19.2. The lowest BCUT2D eigenvalue weighted by Crippen LogP contribution is -2.40. The molecule has 2 heterocycles. The zero-order valence-electron chi connectivity index (χ0n) is 10.5. The van der Waals surface area contributed by atoms with E-state index in [-0.39, 0.29) is 31.8 Å². The van der Waals surface area contributed by atoms with Crippen molar-refractivity contribution in [3.8, 4) is 0 Å². The predicted molar refractivity (Wildman–Crippen MR) is 65.5 cm³/mol. The molecule has 0 unspecified atom stereocenters. The van der Waals surface area contributed by atoms with Gasteiger partial charge >= 0.3 is 6.18 Å². The highest BCUT2D eigenvalue weighted by Crippen LogP contribution is 2.35. The van der Waals surface area contributed by atoms with E-state index in [9.17, 15) is 13.2 Å². The number of oxime groups is 1. The van der Waals surface area contributed by atoms with Gasteiger partial charge in [-0.25, -0.2) is 0 Å². The van der Waals surface area contributed by atoms with Gasteiger partial charge in [0.05, 0.1) is 17.7 Å². The second kappa shape index (κ2) is 5.51. The maximum atomic E-state index is 12.6. The second-order valence-electron chi connectivity index (χ2n) is 4.56. The van der Waals surface area contributed by atoms with Crippen molar-refractivity contribution < 1.29 is 18.4 Å². The predicted octanol–water partition coefficient (Wildman–Crippen LogP) is 1.35. The Kier molecular flexibility index (Phi) is 3.96. The quantitative estimate of drug-likeness (QED) is 0.371. The summed E-state index contributed by atoms with van der Waals surface area (Å²) >= 11 is 0. The standard InChI is InChI=1S/C11H14F3N5O/c12-11(13,14)7-2-5-19(6-3-7)10-8(9(15)18-20)1-4-16-17-10/h1,4,7,20H,2-3,5-6H2,(H2,15,18). The van der Waals surface area contributed by atoms with Crippen molar-refractivity contribution in [2.45, 2.75) is 19.0 Å². The summed E-state index contributed by atoms with van der Waals surface area (Å²) < 4.78 is 37.8. The average molecular weight is 289 g/mol. The number of amidine groups is 1. The van der Waals surface area contributed by atoms with E-state index in [0.29, 0.717) is 11.4 Å². The highest BCUT2D eigenvalue weighted by atomic mass is 19.4. The molecule has 1 aliphatic heterocycles. The van der Waals surface area contributed by atoms with Gasteiger partial charge < -0.3 is 15.8 Å². The fourth-order valence-electron chi connectivity index (χ4n) is 2.23. The van der Waals surface area contributed by atoms with Gasteiger partial charge in [-0.1, -0.05) is 5.16 Å². The van der Waals surface area contributed by atoms with Crippen LogP contribution in [0.4, 0.5) is 19.0 Å². The van der Waals surface area contributed by atoms with E-state index in [2.05, 4.69) is 15.4 Å². The van der Waals surface area contributed by atoms with Crippen molar-refractivity contribution >= 4 is 11.7 Å². The normalized spacial score (nSPS) is 18.4. The molecule has 0 radical (unpaired) electrons. The Hall–Kier alpha value is -2.06. The zero-order chi connectivity index (χ0) is 14.8. The molecule has 1 aliphatic rings. The third-order valence-corrected chi connectivity index (χ3v) is 3.34. The Labute approximate surface area is 113 Å². The number of anilines is 1. The maximum absolute atomic E-state index is 12.6. The van der Waals surface area contributed by atoms with Crippen LogP contribution in [-0.2, 0) is 0 Å². The summed E-state index contributed by atoms with van der Waals surface area (Å²) in [6.07, 6.45) is -2.80. The summed E-state index contributed by atoms with van der Waals surface area (Å²) in [5.41, 5.74) is 5.88. The topological polar surface area (TPSA) is 87.6 Å². The molecule has 1 fully saturated rings. The Morgan fingerprint density at radius 2 is 2.05 bits per heavy atom. The molecule has 20 heavy (non-hydrogen) atoms. The fourth-order valence-corrected chi connectivity index (χ4v) is 2.23. The van der Waals surface area contributed by atoms with E-state index in [4.69, 9.17) is 10.9 Å². The van der Waals surface area contributed by atoms with Gasteiger partial charge in [-0.2, -0.15) is 18.3 Å². The number of alkyl halides is 3. The summed E-state index contributed by atoms with van der Waals surface area (Å²) in [5.74, 6) is -1.10. The number of nitrogens with two attached hydrogens (primary N) is 1. The molecule has 1 saturated heterocycles. The summed E-state index contributed by atoms with van der Waals surface area (Å²) in [7, 11) is 0. The van der Waals surface area contributed by atoms with Crippen molar-refractivity contribution in [2.24, 2.45) is 16.8 Å². The molecule has 6 nitrogen and oxygen atoms in total. The van der Waals surface area contributed by atoms with Crippen LogP contribution >= 0.6 is 0 Å². The maximum Gasteiger partial charge on any atom is 0.391 e. The molecule has 3 N–H and O–H groups in total. The molecular weight excluding hydrogens is 275 g/mol. The largest absolute Gasteiger partial charge is 0.409 e. The molecule has 0 aliphatic carbocycles. The first-order valence-electron chi connectivity index (χ1n) is 6.04.